The van der Waals surface area contributed by atoms with E-state index in [2.05, 4.69) is 6.58 Å². The van der Waals surface area contributed by atoms with Gasteiger partial charge in [-0.25, -0.2) is 0 Å². The minimum atomic E-state index is 0.359. The number of ether oxygens (including phenoxy) is 1. The third-order valence-corrected chi connectivity index (χ3v) is 3.41. The highest BCUT2D eigenvalue weighted by atomic mass is 16.5. The van der Waals surface area contributed by atoms with Crippen LogP contribution < -0.4 is 0 Å². The second-order valence-corrected chi connectivity index (χ2v) is 4.55. The van der Waals surface area contributed by atoms with Crippen molar-refractivity contribution in [1.29, 1.82) is 0 Å². The second kappa shape index (κ2) is 7.89. The standard InChI is InChI=1S/C13H24O2/c1-2-10-15-11-8-13-5-3-12(4-6-13)7-9-14/h2,12-14H,1,3-11H2. The van der Waals surface area contributed by atoms with Gasteiger partial charge in [-0.2, -0.15) is 0 Å². The molecule has 2 nitrogen and oxygen atoms in total. The summed E-state index contributed by atoms with van der Waals surface area (Å²) >= 11 is 0. The van der Waals surface area contributed by atoms with Crippen molar-refractivity contribution < 1.29 is 9.84 Å². The first-order valence-corrected chi connectivity index (χ1v) is 6.16. The first kappa shape index (κ1) is 12.7. The molecule has 1 saturated carbocycles. The number of aliphatic hydroxyl groups excluding tert-OH is 1. The van der Waals surface area contributed by atoms with Crippen LogP contribution in [-0.2, 0) is 4.74 Å². The molecule has 0 bridgehead atoms. The first-order chi connectivity index (χ1) is 7.36. The van der Waals surface area contributed by atoms with Gasteiger partial charge < -0.3 is 9.84 Å². The van der Waals surface area contributed by atoms with Crippen molar-refractivity contribution >= 4 is 0 Å². The fourth-order valence-electron chi connectivity index (χ4n) is 2.41. The molecule has 1 aliphatic rings. The van der Waals surface area contributed by atoms with Crippen molar-refractivity contribution in [2.75, 3.05) is 19.8 Å². The number of rotatable bonds is 7. The van der Waals surface area contributed by atoms with E-state index >= 15 is 0 Å². The molecule has 0 amide bonds. The molecule has 1 N–H and O–H groups in total. The van der Waals surface area contributed by atoms with Gasteiger partial charge in [-0.3, -0.25) is 0 Å². The summed E-state index contributed by atoms with van der Waals surface area (Å²) in [6.45, 7) is 5.54. The summed E-state index contributed by atoms with van der Waals surface area (Å²) in [6, 6.07) is 0. The van der Waals surface area contributed by atoms with E-state index in [4.69, 9.17) is 9.84 Å². The second-order valence-electron chi connectivity index (χ2n) is 4.55. The van der Waals surface area contributed by atoms with Crippen molar-refractivity contribution in [3.8, 4) is 0 Å². The van der Waals surface area contributed by atoms with Gasteiger partial charge in [0.05, 0.1) is 6.61 Å². The molecular weight excluding hydrogens is 188 g/mol. The summed E-state index contributed by atoms with van der Waals surface area (Å²) in [5.74, 6) is 1.63. The normalized spacial score (nSPS) is 26.5. The lowest BCUT2D eigenvalue weighted by molar-refractivity contribution is 0.127. The summed E-state index contributed by atoms with van der Waals surface area (Å²) < 4.78 is 5.40. The highest BCUT2D eigenvalue weighted by molar-refractivity contribution is 4.72. The predicted octanol–water partition coefficient (Wildman–Crippen LogP) is 2.77. The van der Waals surface area contributed by atoms with Crippen LogP contribution in [0.3, 0.4) is 0 Å². The largest absolute Gasteiger partial charge is 0.396 e. The molecule has 0 saturated heterocycles. The number of hydrogen-bond acceptors (Lipinski definition) is 2. The third-order valence-electron chi connectivity index (χ3n) is 3.41. The smallest absolute Gasteiger partial charge is 0.0644 e. The van der Waals surface area contributed by atoms with Gasteiger partial charge in [0.1, 0.15) is 0 Å². The zero-order chi connectivity index (χ0) is 10.9. The SMILES string of the molecule is C=CCOCCC1CCC(CCO)CC1. The maximum Gasteiger partial charge on any atom is 0.0644 e. The van der Waals surface area contributed by atoms with E-state index in [0.29, 0.717) is 13.2 Å². The maximum absolute atomic E-state index is 8.86. The summed E-state index contributed by atoms with van der Waals surface area (Å²) in [6.07, 6.45) is 9.24. The van der Waals surface area contributed by atoms with Gasteiger partial charge in [-0.15, -0.1) is 6.58 Å². The summed E-state index contributed by atoms with van der Waals surface area (Å²) in [5.41, 5.74) is 0. The molecule has 15 heavy (non-hydrogen) atoms. The average molecular weight is 212 g/mol. The molecule has 0 unspecified atom stereocenters. The van der Waals surface area contributed by atoms with Crippen molar-refractivity contribution in [3.63, 3.8) is 0 Å². The highest BCUT2D eigenvalue weighted by Gasteiger charge is 2.20. The molecule has 2 heteroatoms. The quantitative estimate of drug-likeness (QED) is 0.519. The Hall–Kier alpha value is -0.340. The van der Waals surface area contributed by atoms with Crippen LogP contribution in [-0.4, -0.2) is 24.9 Å². The Bertz CT molecular complexity index is 160. The fourth-order valence-corrected chi connectivity index (χ4v) is 2.41. The summed E-state index contributed by atoms with van der Waals surface area (Å²) in [4.78, 5) is 0. The fraction of sp³-hybridized carbons (Fsp3) is 0.846. The van der Waals surface area contributed by atoms with Crippen LogP contribution in [0.2, 0.25) is 0 Å². The van der Waals surface area contributed by atoms with E-state index in [9.17, 15) is 0 Å². The van der Waals surface area contributed by atoms with Crippen molar-refractivity contribution in [2.24, 2.45) is 11.8 Å². The van der Waals surface area contributed by atoms with Crippen LogP contribution in [0.5, 0.6) is 0 Å². The van der Waals surface area contributed by atoms with E-state index in [0.717, 1.165) is 24.9 Å². The minimum Gasteiger partial charge on any atom is -0.396 e. The molecule has 1 fully saturated rings. The Kier molecular flexibility index (Phi) is 6.69. The van der Waals surface area contributed by atoms with Gasteiger partial charge in [0.15, 0.2) is 0 Å². The van der Waals surface area contributed by atoms with Crippen LogP contribution in [0.4, 0.5) is 0 Å². The molecular formula is C13H24O2. The van der Waals surface area contributed by atoms with Crippen molar-refractivity contribution in [3.05, 3.63) is 12.7 Å². The predicted molar refractivity (Wildman–Crippen MR) is 62.8 cm³/mol. The first-order valence-electron chi connectivity index (χ1n) is 6.16. The van der Waals surface area contributed by atoms with Crippen LogP contribution in [0.15, 0.2) is 12.7 Å². The Labute approximate surface area is 93.3 Å². The minimum absolute atomic E-state index is 0.359. The van der Waals surface area contributed by atoms with Gasteiger partial charge in [-0.05, 0) is 24.7 Å². The van der Waals surface area contributed by atoms with Gasteiger partial charge in [0.2, 0.25) is 0 Å². The molecule has 0 atom stereocenters. The van der Waals surface area contributed by atoms with E-state index in [1.807, 2.05) is 0 Å². The zero-order valence-electron chi connectivity index (χ0n) is 9.66. The van der Waals surface area contributed by atoms with Gasteiger partial charge >= 0.3 is 0 Å². The highest BCUT2D eigenvalue weighted by Crippen LogP contribution is 2.32. The Balaban J connectivity index is 2.01. The van der Waals surface area contributed by atoms with Gasteiger partial charge in [0.25, 0.3) is 0 Å². The lowest BCUT2D eigenvalue weighted by Gasteiger charge is -2.27. The maximum atomic E-state index is 8.86. The van der Waals surface area contributed by atoms with Gasteiger partial charge in [-0.1, -0.05) is 31.8 Å². The van der Waals surface area contributed by atoms with E-state index in [-0.39, 0.29) is 0 Å². The summed E-state index contributed by atoms with van der Waals surface area (Å²) in [7, 11) is 0. The zero-order valence-corrected chi connectivity index (χ0v) is 9.66. The molecule has 0 radical (unpaired) electrons. The van der Waals surface area contributed by atoms with E-state index in [1.165, 1.54) is 32.1 Å². The Morgan fingerprint density at radius 1 is 1.13 bits per heavy atom. The topological polar surface area (TPSA) is 29.5 Å². The Morgan fingerprint density at radius 3 is 2.27 bits per heavy atom. The molecule has 1 rings (SSSR count). The van der Waals surface area contributed by atoms with Crippen LogP contribution in [0.25, 0.3) is 0 Å². The molecule has 0 aliphatic heterocycles. The van der Waals surface area contributed by atoms with Crippen LogP contribution in [0.1, 0.15) is 38.5 Å². The number of aliphatic hydroxyl groups is 1. The van der Waals surface area contributed by atoms with Crippen LogP contribution in [0, 0.1) is 11.8 Å². The monoisotopic (exact) mass is 212 g/mol. The molecule has 0 aromatic carbocycles. The van der Waals surface area contributed by atoms with Gasteiger partial charge in [0, 0.05) is 13.2 Å². The van der Waals surface area contributed by atoms with E-state index in [1.54, 1.807) is 6.08 Å². The lowest BCUT2D eigenvalue weighted by atomic mass is 9.79. The molecule has 1 aliphatic carbocycles. The van der Waals surface area contributed by atoms with Crippen LogP contribution >= 0.6 is 0 Å². The lowest BCUT2D eigenvalue weighted by Crippen LogP contribution is -2.17. The molecule has 0 heterocycles. The molecule has 0 aromatic heterocycles. The van der Waals surface area contributed by atoms with Crippen molar-refractivity contribution in [2.45, 2.75) is 38.5 Å². The average Bonchev–Trinajstić information content (AvgIpc) is 2.27. The summed E-state index contributed by atoms with van der Waals surface area (Å²) in [5, 5.41) is 8.86. The Morgan fingerprint density at radius 2 is 1.73 bits per heavy atom. The van der Waals surface area contributed by atoms with E-state index < -0.39 is 0 Å². The molecule has 0 aromatic rings. The van der Waals surface area contributed by atoms with Crippen molar-refractivity contribution in [1.82, 2.24) is 0 Å². The molecule has 88 valence electrons. The third kappa shape index (κ3) is 5.33. The number of hydrogen-bond donors (Lipinski definition) is 1. The molecule has 0 spiro atoms.